The second-order valence-corrected chi connectivity index (χ2v) is 4.22. The molecular formula is C11H7F3N2O2S. The van der Waals surface area contributed by atoms with Crippen LogP contribution >= 0.6 is 11.3 Å². The van der Waals surface area contributed by atoms with Gasteiger partial charge in [0.15, 0.2) is 10.8 Å². The Morgan fingerprint density at radius 2 is 1.95 bits per heavy atom. The SMILES string of the molecule is O=C(Nc1nc(C(F)(F)F)cs1)Oc1ccccc1. The van der Waals surface area contributed by atoms with Crippen LogP contribution < -0.4 is 10.1 Å². The molecule has 1 N–H and O–H groups in total. The van der Waals surface area contributed by atoms with Crippen molar-refractivity contribution >= 4 is 22.6 Å². The van der Waals surface area contributed by atoms with Crippen LogP contribution in [-0.4, -0.2) is 11.1 Å². The van der Waals surface area contributed by atoms with Crippen molar-refractivity contribution in [3.05, 3.63) is 41.4 Å². The summed E-state index contributed by atoms with van der Waals surface area (Å²) in [6, 6.07) is 8.15. The number of nitrogens with one attached hydrogen (secondary N) is 1. The first-order chi connectivity index (χ1) is 8.95. The Morgan fingerprint density at radius 3 is 2.53 bits per heavy atom. The largest absolute Gasteiger partial charge is 0.434 e. The second kappa shape index (κ2) is 5.27. The topological polar surface area (TPSA) is 51.2 Å². The number of hydrogen-bond donors (Lipinski definition) is 1. The van der Waals surface area contributed by atoms with Crippen molar-refractivity contribution in [2.75, 3.05) is 5.32 Å². The van der Waals surface area contributed by atoms with Crippen molar-refractivity contribution < 1.29 is 22.7 Å². The van der Waals surface area contributed by atoms with E-state index in [-0.39, 0.29) is 10.9 Å². The number of anilines is 1. The zero-order valence-corrected chi connectivity index (χ0v) is 10.1. The third kappa shape index (κ3) is 3.68. The lowest BCUT2D eigenvalue weighted by atomic mass is 10.3. The molecular weight excluding hydrogens is 281 g/mol. The Kier molecular flexibility index (Phi) is 3.70. The minimum Gasteiger partial charge on any atom is -0.410 e. The first-order valence-electron chi connectivity index (χ1n) is 5.02. The van der Waals surface area contributed by atoms with Crippen LogP contribution in [0, 0.1) is 0 Å². The molecule has 100 valence electrons. The Balaban J connectivity index is 1.98. The average molecular weight is 288 g/mol. The Morgan fingerprint density at radius 1 is 1.26 bits per heavy atom. The maximum Gasteiger partial charge on any atom is 0.434 e. The third-order valence-corrected chi connectivity index (χ3v) is 2.72. The second-order valence-electron chi connectivity index (χ2n) is 3.36. The molecule has 2 aromatic rings. The van der Waals surface area contributed by atoms with Gasteiger partial charge >= 0.3 is 12.3 Å². The van der Waals surface area contributed by atoms with Crippen molar-refractivity contribution in [1.82, 2.24) is 4.98 Å². The van der Waals surface area contributed by atoms with Gasteiger partial charge in [-0.3, -0.25) is 5.32 Å². The molecule has 0 unspecified atom stereocenters. The molecule has 0 saturated heterocycles. The van der Waals surface area contributed by atoms with Gasteiger partial charge in [0, 0.05) is 5.38 Å². The summed E-state index contributed by atoms with van der Waals surface area (Å²) in [7, 11) is 0. The minimum absolute atomic E-state index is 0.173. The van der Waals surface area contributed by atoms with Gasteiger partial charge < -0.3 is 4.74 Å². The molecule has 19 heavy (non-hydrogen) atoms. The van der Waals surface area contributed by atoms with E-state index in [1.54, 1.807) is 30.3 Å². The third-order valence-electron chi connectivity index (χ3n) is 1.96. The zero-order chi connectivity index (χ0) is 13.9. The number of aromatic nitrogens is 1. The van der Waals surface area contributed by atoms with E-state index in [9.17, 15) is 18.0 Å². The van der Waals surface area contributed by atoms with Gasteiger partial charge in [-0.1, -0.05) is 18.2 Å². The molecule has 1 aromatic heterocycles. The molecule has 1 amide bonds. The fourth-order valence-corrected chi connectivity index (χ4v) is 1.87. The van der Waals surface area contributed by atoms with Crippen LogP contribution in [0.2, 0.25) is 0 Å². The van der Waals surface area contributed by atoms with Crippen molar-refractivity contribution in [1.29, 1.82) is 0 Å². The van der Waals surface area contributed by atoms with Gasteiger partial charge in [-0.25, -0.2) is 9.78 Å². The fourth-order valence-electron chi connectivity index (χ4n) is 1.17. The highest BCUT2D eigenvalue weighted by Crippen LogP contribution is 2.31. The van der Waals surface area contributed by atoms with E-state index in [0.717, 1.165) is 5.38 Å². The molecule has 0 saturated carbocycles. The van der Waals surface area contributed by atoms with Crippen LogP contribution in [0.5, 0.6) is 5.75 Å². The number of carbonyl (C=O) groups excluding carboxylic acids is 1. The highest BCUT2D eigenvalue weighted by molar-refractivity contribution is 7.13. The monoisotopic (exact) mass is 288 g/mol. The van der Waals surface area contributed by atoms with Crippen molar-refractivity contribution in [2.24, 2.45) is 0 Å². The van der Waals surface area contributed by atoms with Gasteiger partial charge in [0.1, 0.15) is 5.75 Å². The van der Waals surface area contributed by atoms with Crippen molar-refractivity contribution in [3.63, 3.8) is 0 Å². The molecule has 0 fully saturated rings. The molecule has 2 rings (SSSR count). The standard InChI is InChI=1S/C11H7F3N2O2S/c12-11(13,14)8-6-19-9(15-8)16-10(17)18-7-4-2-1-3-5-7/h1-6H,(H,15,16,17). The van der Waals surface area contributed by atoms with E-state index in [0.29, 0.717) is 11.3 Å². The molecule has 0 aliphatic heterocycles. The van der Waals surface area contributed by atoms with Crippen molar-refractivity contribution in [3.8, 4) is 5.75 Å². The summed E-state index contributed by atoms with van der Waals surface area (Å²) in [4.78, 5) is 14.6. The summed E-state index contributed by atoms with van der Waals surface area (Å²) in [5.41, 5.74) is -1.05. The highest BCUT2D eigenvalue weighted by Gasteiger charge is 2.33. The van der Waals surface area contributed by atoms with Gasteiger partial charge in [0.05, 0.1) is 0 Å². The number of halogens is 3. The normalized spacial score (nSPS) is 11.1. The van der Waals surface area contributed by atoms with Gasteiger partial charge in [-0.2, -0.15) is 13.2 Å². The van der Waals surface area contributed by atoms with Crippen LogP contribution in [0.3, 0.4) is 0 Å². The molecule has 0 bridgehead atoms. The summed E-state index contributed by atoms with van der Waals surface area (Å²) >= 11 is 0.672. The fraction of sp³-hybridized carbons (Fsp3) is 0.0909. The molecule has 0 aliphatic rings. The number of hydrogen-bond acceptors (Lipinski definition) is 4. The predicted octanol–water partition coefficient (Wildman–Crippen LogP) is 3.77. The number of thiazole rings is 1. The highest BCUT2D eigenvalue weighted by atomic mass is 32.1. The van der Waals surface area contributed by atoms with Gasteiger partial charge in [0.2, 0.25) is 0 Å². The molecule has 1 aromatic carbocycles. The summed E-state index contributed by atoms with van der Waals surface area (Å²) in [6.07, 6.45) is -5.42. The van der Waals surface area contributed by atoms with E-state index < -0.39 is 18.0 Å². The Hall–Kier alpha value is -2.09. The minimum atomic E-state index is -4.53. The van der Waals surface area contributed by atoms with Crippen LogP contribution in [0.15, 0.2) is 35.7 Å². The van der Waals surface area contributed by atoms with Crippen molar-refractivity contribution in [2.45, 2.75) is 6.18 Å². The number of alkyl halides is 3. The molecule has 0 spiro atoms. The molecule has 4 nitrogen and oxygen atoms in total. The van der Waals surface area contributed by atoms with Gasteiger partial charge in [0.25, 0.3) is 0 Å². The summed E-state index contributed by atoms with van der Waals surface area (Å²) < 4.78 is 41.7. The lowest BCUT2D eigenvalue weighted by Crippen LogP contribution is -2.17. The Labute approximate surface area is 109 Å². The summed E-state index contributed by atoms with van der Waals surface area (Å²) in [5, 5.41) is 2.77. The number of rotatable bonds is 2. The predicted molar refractivity (Wildman–Crippen MR) is 63.2 cm³/mol. The molecule has 0 atom stereocenters. The number of ether oxygens (including phenoxy) is 1. The molecule has 0 aliphatic carbocycles. The van der Waals surface area contributed by atoms with Gasteiger partial charge in [-0.15, -0.1) is 11.3 Å². The van der Waals surface area contributed by atoms with Crippen LogP contribution in [0.25, 0.3) is 0 Å². The van der Waals surface area contributed by atoms with Crippen LogP contribution in [-0.2, 0) is 6.18 Å². The smallest absolute Gasteiger partial charge is 0.410 e. The first-order valence-corrected chi connectivity index (χ1v) is 5.90. The Bertz CT molecular complexity index is 569. The van der Waals surface area contributed by atoms with E-state index in [2.05, 4.69) is 10.3 Å². The van der Waals surface area contributed by atoms with Crippen LogP contribution in [0.1, 0.15) is 5.69 Å². The first kappa shape index (κ1) is 13.3. The molecule has 8 heteroatoms. The van der Waals surface area contributed by atoms with Crippen LogP contribution in [0.4, 0.5) is 23.1 Å². The average Bonchev–Trinajstić information content (AvgIpc) is 2.78. The zero-order valence-electron chi connectivity index (χ0n) is 9.27. The quantitative estimate of drug-likeness (QED) is 0.915. The molecule has 0 radical (unpaired) electrons. The van der Waals surface area contributed by atoms with E-state index in [4.69, 9.17) is 4.74 Å². The summed E-state index contributed by atoms with van der Waals surface area (Å²) in [5.74, 6) is 0.285. The number of carbonyl (C=O) groups is 1. The number of para-hydroxylation sites is 1. The lowest BCUT2D eigenvalue weighted by Gasteiger charge is -2.03. The van der Waals surface area contributed by atoms with E-state index in [1.165, 1.54) is 0 Å². The van der Waals surface area contributed by atoms with E-state index in [1.807, 2.05) is 0 Å². The maximum atomic E-state index is 12.3. The molecule has 1 heterocycles. The number of nitrogens with zero attached hydrogens (tertiary/aromatic N) is 1. The van der Waals surface area contributed by atoms with E-state index >= 15 is 0 Å². The lowest BCUT2D eigenvalue weighted by molar-refractivity contribution is -0.140. The number of benzene rings is 1. The number of amides is 1. The maximum absolute atomic E-state index is 12.3. The summed E-state index contributed by atoms with van der Waals surface area (Å²) in [6.45, 7) is 0. The van der Waals surface area contributed by atoms with Gasteiger partial charge in [-0.05, 0) is 12.1 Å².